The van der Waals surface area contributed by atoms with Gasteiger partial charge in [0.25, 0.3) is 0 Å². The van der Waals surface area contributed by atoms with Crippen LogP contribution in [0.1, 0.15) is 11.1 Å². The van der Waals surface area contributed by atoms with Gasteiger partial charge in [0.15, 0.2) is 0 Å². The predicted molar refractivity (Wildman–Crippen MR) is 68.7 cm³/mol. The van der Waals surface area contributed by atoms with Crippen LogP contribution in [0.15, 0.2) is 59.6 Å². The highest BCUT2D eigenvalue weighted by atomic mass is 79.9. The normalized spacial score (nSPS) is 10.1. The SMILES string of the molecule is C=C(c1ccccc1)c1cc(F)ccc1Br. The van der Waals surface area contributed by atoms with Crippen LogP contribution in [-0.4, -0.2) is 0 Å². The van der Waals surface area contributed by atoms with Gasteiger partial charge < -0.3 is 0 Å². The second-order valence-corrected chi connectivity index (χ2v) is 4.32. The molecule has 0 fully saturated rings. The van der Waals surface area contributed by atoms with E-state index in [0.29, 0.717) is 0 Å². The van der Waals surface area contributed by atoms with E-state index >= 15 is 0 Å². The van der Waals surface area contributed by atoms with Crippen molar-refractivity contribution >= 4 is 21.5 Å². The van der Waals surface area contributed by atoms with Gasteiger partial charge in [0.05, 0.1) is 0 Å². The summed E-state index contributed by atoms with van der Waals surface area (Å²) < 4.78 is 14.0. The van der Waals surface area contributed by atoms with E-state index in [0.717, 1.165) is 21.2 Å². The molecule has 2 aromatic carbocycles. The molecule has 0 radical (unpaired) electrons. The summed E-state index contributed by atoms with van der Waals surface area (Å²) in [5.41, 5.74) is 2.59. The average molecular weight is 277 g/mol. The third-order valence-corrected chi connectivity index (χ3v) is 3.07. The van der Waals surface area contributed by atoms with Crippen LogP contribution in [-0.2, 0) is 0 Å². The maximum Gasteiger partial charge on any atom is 0.123 e. The second-order valence-electron chi connectivity index (χ2n) is 3.47. The predicted octanol–water partition coefficient (Wildman–Crippen LogP) is 4.65. The Labute approximate surface area is 103 Å². The maximum atomic E-state index is 13.2. The van der Waals surface area contributed by atoms with Crippen molar-refractivity contribution < 1.29 is 4.39 Å². The highest BCUT2D eigenvalue weighted by molar-refractivity contribution is 9.10. The fraction of sp³-hybridized carbons (Fsp3) is 0. The molecule has 0 aliphatic rings. The molecule has 80 valence electrons. The van der Waals surface area contributed by atoms with Gasteiger partial charge in [-0.3, -0.25) is 0 Å². The summed E-state index contributed by atoms with van der Waals surface area (Å²) in [6.07, 6.45) is 0. The Morgan fingerprint density at radius 2 is 1.75 bits per heavy atom. The van der Waals surface area contributed by atoms with Crippen molar-refractivity contribution in [3.05, 3.63) is 76.5 Å². The standard InChI is InChI=1S/C14H10BrF/c1-10(11-5-3-2-4-6-11)13-9-12(16)7-8-14(13)15/h2-9H,1H2. The van der Waals surface area contributed by atoms with Gasteiger partial charge in [-0.2, -0.15) is 0 Å². The van der Waals surface area contributed by atoms with Crippen molar-refractivity contribution in [1.82, 2.24) is 0 Å². The van der Waals surface area contributed by atoms with Gasteiger partial charge in [0.1, 0.15) is 5.82 Å². The molecule has 0 aromatic heterocycles. The topological polar surface area (TPSA) is 0 Å². The summed E-state index contributed by atoms with van der Waals surface area (Å²) in [6.45, 7) is 4.00. The van der Waals surface area contributed by atoms with Crippen LogP contribution in [0.3, 0.4) is 0 Å². The van der Waals surface area contributed by atoms with Gasteiger partial charge >= 0.3 is 0 Å². The summed E-state index contributed by atoms with van der Waals surface area (Å²) >= 11 is 3.40. The summed E-state index contributed by atoms with van der Waals surface area (Å²) in [5.74, 6) is -0.254. The van der Waals surface area contributed by atoms with E-state index in [4.69, 9.17) is 0 Å². The van der Waals surface area contributed by atoms with Crippen molar-refractivity contribution in [1.29, 1.82) is 0 Å². The van der Waals surface area contributed by atoms with Gasteiger partial charge in [-0.05, 0) is 34.9 Å². The lowest BCUT2D eigenvalue weighted by molar-refractivity contribution is 0.627. The van der Waals surface area contributed by atoms with Crippen LogP contribution in [0, 0.1) is 5.82 Å². The molecule has 2 heteroatoms. The second kappa shape index (κ2) is 4.62. The minimum atomic E-state index is -0.254. The molecule has 0 bridgehead atoms. The molecule has 0 heterocycles. The van der Waals surface area contributed by atoms with Crippen molar-refractivity contribution in [2.24, 2.45) is 0 Å². The molecule has 0 aliphatic carbocycles. The van der Waals surface area contributed by atoms with Crippen molar-refractivity contribution in [2.75, 3.05) is 0 Å². The molecule has 2 rings (SSSR count). The fourth-order valence-corrected chi connectivity index (χ4v) is 2.01. The molecule has 0 saturated heterocycles. The van der Waals surface area contributed by atoms with Crippen LogP contribution in [0.2, 0.25) is 0 Å². The highest BCUT2D eigenvalue weighted by Crippen LogP contribution is 2.28. The Kier molecular flexibility index (Phi) is 3.20. The Hall–Kier alpha value is -1.41. The lowest BCUT2D eigenvalue weighted by Gasteiger charge is -2.08. The van der Waals surface area contributed by atoms with E-state index < -0.39 is 0 Å². The fourth-order valence-electron chi connectivity index (χ4n) is 1.52. The molecule has 0 spiro atoms. The van der Waals surface area contributed by atoms with E-state index in [-0.39, 0.29) is 5.82 Å². The van der Waals surface area contributed by atoms with Crippen LogP contribution in [0.5, 0.6) is 0 Å². The first-order valence-corrected chi connectivity index (χ1v) is 5.67. The molecular formula is C14H10BrF. The molecule has 0 aliphatic heterocycles. The van der Waals surface area contributed by atoms with Crippen LogP contribution in [0.25, 0.3) is 5.57 Å². The molecule has 0 nitrogen and oxygen atoms in total. The van der Waals surface area contributed by atoms with Gasteiger partial charge in [-0.15, -0.1) is 0 Å². The molecule has 0 N–H and O–H groups in total. The Balaban J connectivity index is 2.46. The summed E-state index contributed by atoms with van der Waals surface area (Å²) in [7, 11) is 0. The Morgan fingerprint density at radius 1 is 1.06 bits per heavy atom. The van der Waals surface area contributed by atoms with Gasteiger partial charge in [-0.1, -0.05) is 52.8 Å². The molecule has 16 heavy (non-hydrogen) atoms. The average Bonchev–Trinajstić information content (AvgIpc) is 2.32. The Bertz CT molecular complexity index is 518. The minimum Gasteiger partial charge on any atom is -0.207 e. The smallest absolute Gasteiger partial charge is 0.123 e. The zero-order valence-electron chi connectivity index (χ0n) is 8.58. The summed E-state index contributed by atoms with van der Waals surface area (Å²) in [6, 6.07) is 14.3. The van der Waals surface area contributed by atoms with Gasteiger partial charge in [-0.25, -0.2) is 4.39 Å². The maximum absolute atomic E-state index is 13.2. The van der Waals surface area contributed by atoms with Crippen molar-refractivity contribution in [3.8, 4) is 0 Å². The van der Waals surface area contributed by atoms with E-state index in [1.165, 1.54) is 12.1 Å². The third-order valence-electron chi connectivity index (χ3n) is 2.38. The van der Waals surface area contributed by atoms with Crippen LogP contribution >= 0.6 is 15.9 Å². The van der Waals surface area contributed by atoms with Crippen molar-refractivity contribution in [2.45, 2.75) is 0 Å². The number of rotatable bonds is 2. The first-order chi connectivity index (χ1) is 7.68. The third kappa shape index (κ3) is 2.22. The lowest BCUT2D eigenvalue weighted by atomic mass is 10.00. The first kappa shape index (κ1) is 11.1. The van der Waals surface area contributed by atoms with E-state index in [1.807, 2.05) is 30.3 Å². The monoisotopic (exact) mass is 276 g/mol. The minimum absolute atomic E-state index is 0.254. The van der Waals surface area contributed by atoms with Crippen LogP contribution < -0.4 is 0 Å². The number of hydrogen-bond donors (Lipinski definition) is 0. The summed E-state index contributed by atoms with van der Waals surface area (Å²) in [5, 5.41) is 0. The quantitative estimate of drug-likeness (QED) is 0.749. The molecule has 0 atom stereocenters. The zero-order chi connectivity index (χ0) is 11.5. The lowest BCUT2D eigenvalue weighted by Crippen LogP contribution is -1.89. The van der Waals surface area contributed by atoms with E-state index in [2.05, 4.69) is 22.5 Å². The number of benzene rings is 2. The molecule has 0 saturated carbocycles. The van der Waals surface area contributed by atoms with Gasteiger partial charge in [0, 0.05) is 4.47 Å². The largest absolute Gasteiger partial charge is 0.207 e. The molecule has 2 aromatic rings. The Morgan fingerprint density at radius 3 is 2.44 bits per heavy atom. The van der Waals surface area contributed by atoms with Crippen LogP contribution in [0.4, 0.5) is 4.39 Å². The molecular weight excluding hydrogens is 267 g/mol. The molecule has 0 unspecified atom stereocenters. The summed E-state index contributed by atoms with van der Waals surface area (Å²) in [4.78, 5) is 0. The molecule has 0 amide bonds. The van der Waals surface area contributed by atoms with Gasteiger partial charge in [0.2, 0.25) is 0 Å². The van der Waals surface area contributed by atoms with E-state index in [1.54, 1.807) is 6.07 Å². The zero-order valence-corrected chi connectivity index (χ0v) is 10.2. The highest BCUT2D eigenvalue weighted by Gasteiger charge is 2.07. The van der Waals surface area contributed by atoms with Crippen molar-refractivity contribution in [3.63, 3.8) is 0 Å². The number of hydrogen-bond acceptors (Lipinski definition) is 0. The number of halogens is 2. The van der Waals surface area contributed by atoms with E-state index in [9.17, 15) is 4.39 Å². The first-order valence-electron chi connectivity index (χ1n) is 4.88.